The molecule has 1 aliphatic carbocycles. The normalized spacial score (nSPS) is 17.6. The van der Waals surface area contributed by atoms with E-state index < -0.39 is 5.97 Å². The van der Waals surface area contributed by atoms with Crippen LogP contribution in [0.15, 0.2) is 42.5 Å². The number of carboxylic acids is 1. The van der Waals surface area contributed by atoms with Crippen molar-refractivity contribution in [2.45, 2.75) is 44.1 Å². The molecule has 0 radical (unpaired) electrons. The molecule has 0 aromatic heterocycles. The van der Waals surface area contributed by atoms with Crippen LogP contribution < -0.4 is 14.8 Å². The molecule has 5 nitrogen and oxygen atoms in total. The van der Waals surface area contributed by atoms with Crippen LogP contribution in [0.2, 0.25) is 0 Å². The van der Waals surface area contributed by atoms with Gasteiger partial charge in [-0.2, -0.15) is 0 Å². The number of carbonyl (C=O) groups is 1. The highest BCUT2D eigenvalue weighted by Gasteiger charge is 2.34. The van der Waals surface area contributed by atoms with Crippen LogP contribution in [0.3, 0.4) is 0 Å². The first-order valence-electron chi connectivity index (χ1n) is 9.59. The van der Waals surface area contributed by atoms with Gasteiger partial charge in [0.15, 0.2) is 11.5 Å². The number of carboxylic acid groups (broad SMARTS) is 1. The van der Waals surface area contributed by atoms with Crippen LogP contribution in [0.1, 0.15) is 53.6 Å². The van der Waals surface area contributed by atoms with Crippen molar-refractivity contribution in [1.82, 2.24) is 5.32 Å². The third kappa shape index (κ3) is 3.78. The number of ether oxygens (including phenoxy) is 2. The molecular weight excluding hydrogens is 342 g/mol. The van der Waals surface area contributed by atoms with Crippen LogP contribution in [0.5, 0.6) is 11.5 Å². The zero-order chi connectivity index (χ0) is 18.7. The van der Waals surface area contributed by atoms with E-state index in [1.807, 2.05) is 18.2 Å². The molecule has 0 atom stereocenters. The van der Waals surface area contributed by atoms with Gasteiger partial charge < -0.3 is 19.9 Å². The third-order valence-corrected chi connectivity index (χ3v) is 5.79. The van der Waals surface area contributed by atoms with E-state index in [9.17, 15) is 4.79 Å². The minimum atomic E-state index is -0.890. The Kier molecular flexibility index (Phi) is 5.03. The maximum atomic E-state index is 11.0. The number of nitrogens with one attached hydrogen (secondary N) is 1. The maximum Gasteiger partial charge on any atom is 0.335 e. The second-order valence-electron chi connectivity index (χ2n) is 7.51. The Bertz CT molecular complexity index is 810. The molecule has 0 amide bonds. The minimum Gasteiger partial charge on any atom is -0.478 e. The molecule has 1 aliphatic heterocycles. The monoisotopic (exact) mass is 367 g/mol. The SMILES string of the molecule is O=C(O)c1ccc(CNCC2(c3ccc4c(c3)OCO4)CCCCC2)cc1. The van der Waals surface area contributed by atoms with Crippen molar-refractivity contribution < 1.29 is 19.4 Å². The van der Waals surface area contributed by atoms with E-state index in [4.69, 9.17) is 14.6 Å². The number of rotatable bonds is 6. The number of hydrogen-bond donors (Lipinski definition) is 2. The second kappa shape index (κ2) is 7.61. The predicted octanol–water partition coefficient (Wildman–Crippen LogP) is 4.11. The van der Waals surface area contributed by atoms with Gasteiger partial charge in [-0.05, 0) is 48.2 Å². The van der Waals surface area contributed by atoms with E-state index in [-0.39, 0.29) is 5.41 Å². The Hall–Kier alpha value is -2.53. The Morgan fingerprint density at radius 3 is 2.48 bits per heavy atom. The number of fused-ring (bicyclic) bond motifs is 1. The van der Waals surface area contributed by atoms with Crippen LogP contribution in [-0.2, 0) is 12.0 Å². The Morgan fingerprint density at radius 2 is 1.74 bits per heavy atom. The van der Waals surface area contributed by atoms with E-state index in [2.05, 4.69) is 17.4 Å². The van der Waals surface area contributed by atoms with Crippen molar-refractivity contribution in [3.63, 3.8) is 0 Å². The van der Waals surface area contributed by atoms with Gasteiger partial charge in [-0.25, -0.2) is 4.79 Å². The zero-order valence-corrected chi connectivity index (χ0v) is 15.4. The zero-order valence-electron chi connectivity index (χ0n) is 15.4. The topological polar surface area (TPSA) is 67.8 Å². The summed E-state index contributed by atoms with van der Waals surface area (Å²) in [5.41, 5.74) is 2.85. The number of benzene rings is 2. The van der Waals surface area contributed by atoms with Crippen LogP contribution in [-0.4, -0.2) is 24.4 Å². The molecule has 0 saturated heterocycles. The number of hydrogen-bond acceptors (Lipinski definition) is 4. The Morgan fingerprint density at radius 1 is 1.00 bits per heavy atom. The highest BCUT2D eigenvalue weighted by Crippen LogP contribution is 2.43. The first-order valence-corrected chi connectivity index (χ1v) is 9.59. The van der Waals surface area contributed by atoms with Gasteiger partial charge in [0.25, 0.3) is 0 Å². The first kappa shape index (κ1) is 17.9. The number of aromatic carboxylic acids is 1. The molecule has 4 rings (SSSR count). The fourth-order valence-corrected chi connectivity index (χ4v) is 4.23. The van der Waals surface area contributed by atoms with E-state index in [1.165, 1.54) is 24.8 Å². The second-order valence-corrected chi connectivity index (χ2v) is 7.51. The molecule has 0 spiro atoms. The van der Waals surface area contributed by atoms with E-state index in [1.54, 1.807) is 12.1 Å². The smallest absolute Gasteiger partial charge is 0.335 e. The van der Waals surface area contributed by atoms with Crippen molar-refractivity contribution >= 4 is 5.97 Å². The van der Waals surface area contributed by atoms with Gasteiger partial charge in [0.1, 0.15) is 0 Å². The van der Waals surface area contributed by atoms with Gasteiger partial charge in [0.2, 0.25) is 6.79 Å². The lowest BCUT2D eigenvalue weighted by atomic mass is 9.69. The summed E-state index contributed by atoms with van der Waals surface area (Å²) in [6.45, 7) is 1.93. The van der Waals surface area contributed by atoms with Gasteiger partial charge >= 0.3 is 5.97 Å². The molecule has 2 aromatic rings. The molecule has 142 valence electrons. The quantitative estimate of drug-likeness (QED) is 0.804. The summed E-state index contributed by atoms with van der Waals surface area (Å²) in [5.74, 6) is 0.788. The lowest BCUT2D eigenvalue weighted by Gasteiger charge is -2.38. The summed E-state index contributed by atoms with van der Waals surface area (Å²) >= 11 is 0. The van der Waals surface area contributed by atoms with Gasteiger partial charge in [-0.1, -0.05) is 37.5 Å². The van der Waals surface area contributed by atoms with Crippen LogP contribution in [0.25, 0.3) is 0 Å². The van der Waals surface area contributed by atoms with Crippen molar-refractivity contribution in [3.05, 3.63) is 59.2 Å². The van der Waals surface area contributed by atoms with Gasteiger partial charge in [0, 0.05) is 18.5 Å². The summed E-state index contributed by atoms with van der Waals surface area (Å²) < 4.78 is 11.0. The molecular formula is C22H25NO4. The summed E-state index contributed by atoms with van der Waals surface area (Å²) in [7, 11) is 0. The molecule has 1 saturated carbocycles. The fourth-order valence-electron chi connectivity index (χ4n) is 4.23. The van der Waals surface area contributed by atoms with Gasteiger partial charge in [0.05, 0.1) is 5.56 Å². The standard InChI is InChI=1S/C22H25NO4/c24-21(25)17-6-4-16(5-7-17)13-23-14-22(10-2-1-3-11-22)18-8-9-19-20(12-18)27-15-26-19/h4-9,12,23H,1-3,10-11,13-15H2,(H,24,25). The van der Waals surface area contributed by atoms with E-state index in [0.717, 1.165) is 43.0 Å². The van der Waals surface area contributed by atoms with Crippen molar-refractivity contribution in [2.24, 2.45) is 0 Å². The average Bonchev–Trinajstić information content (AvgIpc) is 3.17. The highest BCUT2D eigenvalue weighted by atomic mass is 16.7. The molecule has 1 heterocycles. The lowest BCUT2D eigenvalue weighted by Crippen LogP contribution is -2.39. The maximum absolute atomic E-state index is 11.0. The van der Waals surface area contributed by atoms with E-state index in [0.29, 0.717) is 12.4 Å². The molecule has 2 N–H and O–H groups in total. The highest BCUT2D eigenvalue weighted by molar-refractivity contribution is 5.87. The summed E-state index contributed by atoms with van der Waals surface area (Å²) in [6.07, 6.45) is 6.10. The summed E-state index contributed by atoms with van der Waals surface area (Å²) in [6, 6.07) is 13.4. The molecule has 0 bridgehead atoms. The van der Waals surface area contributed by atoms with Crippen molar-refractivity contribution in [2.75, 3.05) is 13.3 Å². The lowest BCUT2D eigenvalue weighted by molar-refractivity contribution is 0.0697. The van der Waals surface area contributed by atoms with Crippen molar-refractivity contribution in [3.8, 4) is 11.5 Å². The van der Waals surface area contributed by atoms with Gasteiger partial charge in [-0.3, -0.25) is 0 Å². The minimum absolute atomic E-state index is 0.111. The van der Waals surface area contributed by atoms with Crippen LogP contribution in [0.4, 0.5) is 0 Å². The largest absolute Gasteiger partial charge is 0.478 e. The summed E-state index contributed by atoms with van der Waals surface area (Å²) in [5, 5.41) is 12.6. The molecule has 0 unspecified atom stereocenters. The van der Waals surface area contributed by atoms with Gasteiger partial charge in [-0.15, -0.1) is 0 Å². The molecule has 2 aliphatic rings. The average molecular weight is 367 g/mol. The van der Waals surface area contributed by atoms with E-state index >= 15 is 0 Å². The van der Waals surface area contributed by atoms with Crippen molar-refractivity contribution in [1.29, 1.82) is 0 Å². The molecule has 1 fully saturated rings. The summed E-state index contributed by atoms with van der Waals surface area (Å²) in [4.78, 5) is 11.0. The molecule has 27 heavy (non-hydrogen) atoms. The fraction of sp³-hybridized carbons (Fsp3) is 0.409. The Labute approximate surface area is 159 Å². The molecule has 2 aromatic carbocycles. The molecule has 5 heteroatoms. The third-order valence-electron chi connectivity index (χ3n) is 5.79. The predicted molar refractivity (Wildman–Crippen MR) is 102 cm³/mol. The Balaban J connectivity index is 1.46. The van der Waals surface area contributed by atoms with Crippen LogP contribution in [0, 0.1) is 0 Å². The van der Waals surface area contributed by atoms with Crippen LogP contribution >= 0.6 is 0 Å². The first-order chi connectivity index (χ1) is 13.2.